The van der Waals surface area contributed by atoms with Gasteiger partial charge in [-0.3, -0.25) is 0 Å². The first kappa shape index (κ1) is 8.78. The number of halogens is 2. The molecule has 0 N–H and O–H groups in total. The van der Waals surface area contributed by atoms with Crippen molar-refractivity contribution in [2.45, 2.75) is 0 Å². The van der Waals surface area contributed by atoms with Crippen molar-refractivity contribution in [1.29, 1.82) is 0 Å². The molecule has 2 aromatic rings. The van der Waals surface area contributed by atoms with Crippen LogP contribution in [-0.2, 0) is 0 Å². The average molecular weight is 206 g/mol. The van der Waals surface area contributed by atoms with Gasteiger partial charge in [0.25, 0.3) is 0 Å². The van der Waals surface area contributed by atoms with E-state index in [0.29, 0.717) is 5.15 Å². The van der Waals surface area contributed by atoms with Gasteiger partial charge < -0.3 is 0 Å². The van der Waals surface area contributed by atoms with E-state index in [1.165, 1.54) is 11.5 Å². The van der Waals surface area contributed by atoms with Crippen molar-refractivity contribution in [3.8, 4) is 0 Å². The molecular weight excluding hydrogens is 201 g/mol. The van der Waals surface area contributed by atoms with E-state index in [1.54, 1.807) is 0 Å². The van der Waals surface area contributed by atoms with Crippen molar-refractivity contribution in [3.05, 3.63) is 29.4 Å². The molecule has 1 aromatic heterocycles. The molecule has 0 aliphatic heterocycles. The largest absolute Gasteiger partial charge is 0.180 e. The predicted molar refractivity (Wildman–Crippen MR) is 51.9 cm³/mol. The summed E-state index contributed by atoms with van der Waals surface area (Å²) in [6.45, 7) is 0. The van der Waals surface area contributed by atoms with Crippen LogP contribution in [0.3, 0.4) is 0 Å². The van der Waals surface area contributed by atoms with Crippen molar-refractivity contribution < 1.29 is 0 Å². The molecule has 0 unspecified atom stereocenters. The number of benzene rings is 1. The molecular formula is C7H5Cl2NS. The maximum absolute atomic E-state index is 5.77. The number of rotatable bonds is 0. The van der Waals surface area contributed by atoms with Crippen LogP contribution < -0.4 is 0 Å². The first-order valence-electron chi connectivity index (χ1n) is 2.88. The summed E-state index contributed by atoms with van der Waals surface area (Å²) >= 11 is 7.20. The molecule has 1 aromatic carbocycles. The summed E-state index contributed by atoms with van der Waals surface area (Å²) in [6, 6.07) is 7.93. The van der Waals surface area contributed by atoms with Crippen LogP contribution in [-0.4, -0.2) is 4.37 Å². The van der Waals surface area contributed by atoms with E-state index in [1.807, 2.05) is 24.3 Å². The third kappa shape index (κ3) is 1.48. The van der Waals surface area contributed by atoms with Gasteiger partial charge in [-0.2, -0.15) is 4.37 Å². The number of aromatic nitrogens is 1. The monoisotopic (exact) mass is 205 g/mol. The SMILES string of the molecule is Cl.Clc1nsc2ccccc12. The van der Waals surface area contributed by atoms with Crippen molar-refractivity contribution in [2.75, 3.05) is 0 Å². The highest BCUT2D eigenvalue weighted by Gasteiger charge is 1.99. The fourth-order valence-electron chi connectivity index (χ4n) is 0.855. The normalized spacial score (nSPS) is 9.55. The molecule has 0 saturated carbocycles. The van der Waals surface area contributed by atoms with Crippen LogP contribution in [0.1, 0.15) is 0 Å². The van der Waals surface area contributed by atoms with Gasteiger partial charge in [0.15, 0.2) is 5.15 Å². The summed E-state index contributed by atoms with van der Waals surface area (Å²) in [5, 5.41) is 1.66. The Morgan fingerprint density at radius 3 is 2.73 bits per heavy atom. The average Bonchev–Trinajstić information content (AvgIpc) is 2.34. The van der Waals surface area contributed by atoms with E-state index in [-0.39, 0.29) is 12.4 Å². The fourth-order valence-corrected chi connectivity index (χ4v) is 1.86. The molecule has 0 spiro atoms. The summed E-state index contributed by atoms with van der Waals surface area (Å²) in [5.74, 6) is 0. The minimum absolute atomic E-state index is 0. The van der Waals surface area contributed by atoms with Crippen molar-refractivity contribution >= 4 is 45.6 Å². The maximum Gasteiger partial charge on any atom is 0.150 e. The number of fused-ring (bicyclic) bond motifs is 1. The lowest BCUT2D eigenvalue weighted by molar-refractivity contribution is 1.60. The molecule has 11 heavy (non-hydrogen) atoms. The molecule has 1 nitrogen and oxygen atoms in total. The zero-order valence-corrected chi connectivity index (χ0v) is 7.84. The summed E-state index contributed by atoms with van der Waals surface area (Å²) in [4.78, 5) is 0. The zero-order chi connectivity index (χ0) is 6.97. The standard InChI is InChI=1S/C7H4ClNS.ClH/c8-7-5-3-1-2-4-6(5)10-9-7;/h1-4H;1H. The summed E-state index contributed by atoms with van der Waals surface area (Å²) in [5.41, 5.74) is 0. The Hall–Kier alpha value is -0.310. The fraction of sp³-hybridized carbons (Fsp3) is 0. The molecule has 0 aliphatic rings. The molecule has 1 heterocycles. The second kappa shape index (κ2) is 3.39. The van der Waals surface area contributed by atoms with E-state index in [4.69, 9.17) is 11.6 Å². The van der Waals surface area contributed by atoms with Gasteiger partial charge in [0.05, 0.1) is 4.70 Å². The van der Waals surface area contributed by atoms with Gasteiger partial charge in [0, 0.05) is 5.39 Å². The molecule has 0 saturated heterocycles. The van der Waals surface area contributed by atoms with Gasteiger partial charge in [0.1, 0.15) is 0 Å². The summed E-state index contributed by atoms with van der Waals surface area (Å²) in [6.07, 6.45) is 0. The van der Waals surface area contributed by atoms with Gasteiger partial charge >= 0.3 is 0 Å². The Morgan fingerprint density at radius 2 is 2.00 bits per heavy atom. The Kier molecular flexibility index (Phi) is 2.71. The highest BCUT2D eigenvalue weighted by molar-refractivity contribution is 7.13. The first-order valence-corrected chi connectivity index (χ1v) is 4.03. The Balaban J connectivity index is 0.000000605. The third-order valence-corrected chi connectivity index (χ3v) is 2.55. The molecule has 58 valence electrons. The Labute approximate surface area is 79.6 Å². The van der Waals surface area contributed by atoms with E-state index in [2.05, 4.69) is 4.37 Å². The lowest BCUT2D eigenvalue weighted by Crippen LogP contribution is -1.60. The van der Waals surface area contributed by atoms with E-state index >= 15 is 0 Å². The number of hydrogen-bond donors (Lipinski definition) is 0. The Morgan fingerprint density at radius 1 is 1.27 bits per heavy atom. The third-order valence-electron chi connectivity index (χ3n) is 1.33. The second-order valence-electron chi connectivity index (χ2n) is 1.97. The van der Waals surface area contributed by atoms with E-state index in [9.17, 15) is 0 Å². The Bertz CT molecular complexity index is 358. The highest BCUT2D eigenvalue weighted by Crippen LogP contribution is 2.25. The lowest BCUT2D eigenvalue weighted by Gasteiger charge is -1.83. The molecule has 0 atom stereocenters. The van der Waals surface area contributed by atoms with Crippen molar-refractivity contribution in [2.24, 2.45) is 0 Å². The van der Waals surface area contributed by atoms with Crippen LogP contribution in [0.4, 0.5) is 0 Å². The predicted octanol–water partition coefficient (Wildman–Crippen LogP) is 3.37. The molecule has 0 radical (unpaired) electrons. The molecule has 0 fully saturated rings. The number of hydrogen-bond acceptors (Lipinski definition) is 2. The lowest BCUT2D eigenvalue weighted by atomic mass is 10.3. The maximum atomic E-state index is 5.77. The van der Waals surface area contributed by atoms with Crippen LogP contribution in [0.2, 0.25) is 5.15 Å². The van der Waals surface area contributed by atoms with E-state index < -0.39 is 0 Å². The molecule has 0 aliphatic carbocycles. The highest BCUT2D eigenvalue weighted by atomic mass is 35.5. The topological polar surface area (TPSA) is 12.9 Å². The molecule has 0 amide bonds. The summed E-state index contributed by atoms with van der Waals surface area (Å²) in [7, 11) is 0. The van der Waals surface area contributed by atoms with Crippen molar-refractivity contribution in [1.82, 2.24) is 4.37 Å². The van der Waals surface area contributed by atoms with Gasteiger partial charge in [-0.1, -0.05) is 29.8 Å². The van der Waals surface area contributed by atoms with Crippen LogP contribution in [0, 0.1) is 0 Å². The molecule has 2 rings (SSSR count). The first-order chi connectivity index (χ1) is 4.88. The van der Waals surface area contributed by atoms with Crippen LogP contribution in [0.5, 0.6) is 0 Å². The van der Waals surface area contributed by atoms with Gasteiger partial charge in [-0.15, -0.1) is 12.4 Å². The minimum Gasteiger partial charge on any atom is -0.180 e. The zero-order valence-electron chi connectivity index (χ0n) is 5.45. The molecule has 4 heteroatoms. The van der Waals surface area contributed by atoms with Gasteiger partial charge in [-0.05, 0) is 17.6 Å². The smallest absolute Gasteiger partial charge is 0.150 e. The van der Waals surface area contributed by atoms with Gasteiger partial charge in [0.2, 0.25) is 0 Å². The number of nitrogens with zero attached hydrogens (tertiary/aromatic N) is 1. The van der Waals surface area contributed by atoms with Crippen LogP contribution in [0.15, 0.2) is 24.3 Å². The van der Waals surface area contributed by atoms with Crippen LogP contribution in [0.25, 0.3) is 10.1 Å². The summed E-state index contributed by atoms with van der Waals surface area (Å²) < 4.78 is 5.15. The quantitative estimate of drug-likeness (QED) is 0.643. The second-order valence-corrected chi connectivity index (χ2v) is 3.13. The van der Waals surface area contributed by atoms with E-state index in [0.717, 1.165) is 10.1 Å². The molecule has 0 bridgehead atoms. The van der Waals surface area contributed by atoms with Crippen molar-refractivity contribution in [3.63, 3.8) is 0 Å². The van der Waals surface area contributed by atoms with Crippen LogP contribution >= 0.6 is 35.5 Å². The minimum atomic E-state index is 0. The van der Waals surface area contributed by atoms with Gasteiger partial charge in [-0.25, -0.2) is 0 Å².